The summed E-state index contributed by atoms with van der Waals surface area (Å²) in [6, 6.07) is 8.64. The van der Waals surface area contributed by atoms with Crippen molar-refractivity contribution in [2.45, 2.75) is 74.0 Å². The average Bonchev–Trinajstić information content (AvgIpc) is 3.86. The van der Waals surface area contributed by atoms with E-state index in [1.54, 1.807) is 29.6 Å². The largest absolute Gasteiger partial charge is 1.00 e. The van der Waals surface area contributed by atoms with Gasteiger partial charge in [-0.2, -0.15) is 0 Å². The zero-order valence-corrected chi connectivity index (χ0v) is 40.5. The Kier molecular flexibility index (Phi) is 54.1. The molecular formula is C41H72N3NaO14S. The molecular weight excluding hydrogens is 814 g/mol. The number of ether oxygens (including phenoxy) is 6. The molecule has 4 N–H and O–H groups in total. The smallest absolute Gasteiger partial charge is 0.540 e. The molecule has 1 atom stereocenters. The van der Waals surface area contributed by atoms with Crippen molar-refractivity contribution in [1.29, 1.82) is 0 Å². The minimum atomic E-state index is -0.997. The van der Waals surface area contributed by atoms with E-state index in [-0.39, 0.29) is 73.3 Å². The number of likely N-dealkylation sites (tertiary alicyclic amines) is 1. The number of aryl methyl sites for hydroxylation is 1. The van der Waals surface area contributed by atoms with Gasteiger partial charge in [0.15, 0.2) is 0 Å². The second-order valence-corrected chi connectivity index (χ2v) is 13.5. The average molecular weight is 886 g/mol. The number of aromatic nitrogens is 1. The number of nitrogens with one attached hydrogen (secondary N) is 1. The predicted molar refractivity (Wildman–Crippen MR) is 228 cm³/mol. The van der Waals surface area contributed by atoms with E-state index >= 15 is 0 Å². The zero-order valence-electron chi connectivity index (χ0n) is 37.7. The molecule has 1 amide bonds. The molecule has 0 aliphatic carbocycles. The number of carboxylic acid groups (broad SMARTS) is 2. The molecule has 2 aromatic rings. The zero-order chi connectivity index (χ0) is 45.7. The number of hydrogen-bond donors (Lipinski definition) is 4. The predicted octanol–water partition coefficient (Wildman–Crippen LogP) is 1.32. The molecule has 342 valence electrons. The van der Waals surface area contributed by atoms with Crippen LogP contribution in [0, 0.1) is 12.3 Å². The first-order valence-electron chi connectivity index (χ1n) is 19.2. The maximum atomic E-state index is 11.6. The Labute approximate surface area is 384 Å². The first kappa shape index (κ1) is 66.4. The van der Waals surface area contributed by atoms with E-state index in [0.717, 1.165) is 31.8 Å². The molecule has 0 radical (unpaired) electrons. The maximum absolute atomic E-state index is 11.6. The van der Waals surface area contributed by atoms with Crippen LogP contribution in [-0.2, 0) is 58.9 Å². The second kappa shape index (κ2) is 48.9. The van der Waals surface area contributed by atoms with Crippen LogP contribution < -0.4 is 34.9 Å². The van der Waals surface area contributed by atoms with Crippen LogP contribution in [0.1, 0.15) is 65.6 Å². The number of carbonyl (C=O) groups excluding carboxylic acids is 3. The summed E-state index contributed by atoms with van der Waals surface area (Å²) < 4.78 is 29.7. The van der Waals surface area contributed by atoms with Crippen molar-refractivity contribution in [2.24, 2.45) is 5.41 Å². The maximum Gasteiger partial charge on any atom is 1.00 e. The van der Waals surface area contributed by atoms with Gasteiger partial charge in [0.2, 0.25) is 5.91 Å². The minimum absolute atomic E-state index is 0. The van der Waals surface area contributed by atoms with Crippen LogP contribution in [0.5, 0.6) is 0 Å². The van der Waals surface area contributed by atoms with Gasteiger partial charge < -0.3 is 63.5 Å². The quantitative estimate of drug-likeness (QED) is 0.0600. The fourth-order valence-electron chi connectivity index (χ4n) is 4.14. The molecule has 0 spiro atoms. The van der Waals surface area contributed by atoms with E-state index in [9.17, 15) is 19.5 Å². The van der Waals surface area contributed by atoms with E-state index in [0.29, 0.717) is 59.2 Å². The van der Waals surface area contributed by atoms with E-state index < -0.39 is 5.97 Å². The molecule has 1 aliphatic rings. The van der Waals surface area contributed by atoms with Crippen molar-refractivity contribution in [1.82, 2.24) is 15.2 Å². The molecule has 3 rings (SSSR count). The van der Waals surface area contributed by atoms with Crippen molar-refractivity contribution in [2.75, 3.05) is 99.9 Å². The summed E-state index contributed by atoms with van der Waals surface area (Å²) in [5.41, 5.74) is 5.62. The summed E-state index contributed by atoms with van der Waals surface area (Å²) in [5, 5.41) is 27.6. The van der Waals surface area contributed by atoms with Crippen LogP contribution in [0.25, 0.3) is 10.4 Å². The molecule has 1 aromatic heterocycles. The SMILES string of the molecule is C=O.CC.CC(C)(C)CC(=O)N1CCC(O)C1.CCOC.CNCc1ccc(-c2scnc2C)cc1.O=CO.O=[C-]COCCOCCOCCOCCOCC(=O)O.[Na+]. The Morgan fingerprint density at radius 1 is 0.983 bits per heavy atom. The summed E-state index contributed by atoms with van der Waals surface area (Å²) in [6.07, 6.45) is 2.61. The first-order valence-corrected chi connectivity index (χ1v) is 20.1. The molecule has 1 fully saturated rings. The molecule has 19 heteroatoms. The molecule has 1 unspecified atom stereocenters. The Morgan fingerprint density at radius 2 is 1.45 bits per heavy atom. The number of benzene rings is 1. The van der Waals surface area contributed by atoms with Crippen LogP contribution in [0.4, 0.5) is 0 Å². The molecule has 0 saturated carbocycles. The second-order valence-electron chi connectivity index (χ2n) is 12.7. The van der Waals surface area contributed by atoms with Crippen LogP contribution in [0.3, 0.4) is 0 Å². The van der Waals surface area contributed by atoms with E-state index in [2.05, 4.69) is 60.1 Å². The molecule has 1 saturated heterocycles. The fraction of sp³-hybridized carbons (Fsp3) is 0.659. The van der Waals surface area contributed by atoms with Gasteiger partial charge in [-0.15, -0.1) is 11.3 Å². The first-order chi connectivity index (χ1) is 28.3. The monoisotopic (exact) mass is 885 g/mol. The van der Waals surface area contributed by atoms with Gasteiger partial charge in [-0.1, -0.05) is 58.9 Å². The van der Waals surface area contributed by atoms with Crippen LogP contribution in [0.2, 0.25) is 0 Å². The normalized spacial score (nSPS) is 12.2. The van der Waals surface area contributed by atoms with Gasteiger partial charge in [0, 0.05) is 39.8 Å². The molecule has 17 nitrogen and oxygen atoms in total. The van der Waals surface area contributed by atoms with E-state index in [1.807, 2.05) is 47.0 Å². The molecule has 0 bridgehead atoms. The number of thiazole rings is 1. The number of amides is 1. The van der Waals surface area contributed by atoms with Gasteiger partial charge in [-0.05, 0) is 50.5 Å². The summed E-state index contributed by atoms with van der Waals surface area (Å²) in [6.45, 7) is 21.6. The van der Waals surface area contributed by atoms with Crippen molar-refractivity contribution in [3.8, 4) is 10.4 Å². The Balaban J connectivity index is -0.000000226. The van der Waals surface area contributed by atoms with E-state index in [4.69, 9.17) is 43.5 Å². The van der Waals surface area contributed by atoms with Crippen LogP contribution in [0.15, 0.2) is 29.8 Å². The minimum Gasteiger partial charge on any atom is -0.540 e. The molecule has 1 aromatic carbocycles. The van der Waals surface area contributed by atoms with Gasteiger partial charge in [-0.25, -0.2) is 16.1 Å². The standard InChI is InChI=1S/C12H14N2S.C12H21O8.C10H19NO2.C3H8O.C2H6.CH2O2.CH2O.Na/c1-9-12(15-8-14-9)11-5-3-10(4-6-11)7-13-2;13-1-2-16-3-4-17-5-6-18-7-8-19-9-10-20-11-12(14)15;1-10(2,3)6-9(13)11-5-4-8(12)7-11;1-3-4-2;1-2;2-1-3;1-2;/h3-6,8,13H,7H2,1-2H3;2-11H2,(H,14,15);8,12H,4-7H2,1-3H3;3H2,1-2H3;1-2H3;1H,(H,2,3);1H2;/q;-1;;;;;;+1. The van der Waals surface area contributed by atoms with Gasteiger partial charge in [-0.3, -0.25) is 9.59 Å². The number of aliphatic carboxylic acids is 1. The topological polar surface area (TPSA) is 230 Å². The number of carboxylic acids is 1. The van der Waals surface area contributed by atoms with Gasteiger partial charge in [0.05, 0.1) is 75.0 Å². The Bertz CT molecular complexity index is 1250. The number of aliphatic hydroxyl groups is 1. The van der Waals surface area contributed by atoms with Crippen molar-refractivity contribution in [3.05, 3.63) is 41.0 Å². The third-order valence-electron chi connectivity index (χ3n) is 6.70. The number of aliphatic hydroxyl groups excluding tert-OH is 1. The van der Waals surface area contributed by atoms with E-state index in [1.165, 1.54) is 16.0 Å². The van der Waals surface area contributed by atoms with Crippen molar-refractivity contribution < 1.29 is 97.3 Å². The number of methoxy groups -OCH3 is 1. The number of rotatable bonds is 21. The summed E-state index contributed by atoms with van der Waals surface area (Å²) in [7, 11) is 3.64. The number of carbonyl (C=O) groups is 4. The van der Waals surface area contributed by atoms with Crippen molar-refractivity contribution in [3.63, 3.8) is 0 Å². The molecule has 2 heterocycles. The number of nitrogens with zero attached hydrogens (tertiary/aromatic N) is 2. The third kappa shape index (κ3) is 44.8. The summed E-state index contributed by atoms with van der Waals surface area (Å²) >= 11 is 1.70. The van der Waals surface area contributed by atoms with Crippen molar-refractivity contribution >= 4 is 42.8 Å². The third-order valence-corrected chi connectivity index (χ3v) is 7.68. The molecule has 1 aliphatic heterocycles. The summed E-state index contributed by atoms with van der Waals surface area (Å²) in [4.78, 5) is 55.2. The van der Waals surface area contributed by atoms with Crippen LogP contribution in [-0.4, -0.2) is 163 Å². The van der Waals surface area contributed by atoms with Gasteiger partial charge >= 0.3 is 35.5 Å². The Morgan fingerprint density at radius 3 is 1.80 bits per heavy atom. The molecule has 60 heavy (non-hydrogen) atoms. The summed E-state index contributed by atoms with van der Waals surface area (Å²) in [5.74, 6) is -0.827. The van der Waals surface area contributed by atoms with Crippen LogP contribution >= 0.6 is 11.3 Å². The Hall–Kier alpha value is -2.72. The number of hydrogen-bond acceptors (Lipinski definition) is 15. The van der Waals surface area contributed by atoms with Gasteiger partial charge in [0.25, 0.3) is 6.47 Å². The van der Waals surface area contributed by atoms with Gasteiger partial charge in [0.1, 0.15) is 13.4 Å². The number of β-amino-alcohol motifs (C(OH)–C–C–N with tert-alkyl or cyclic N) is 1. The fourth-order valence-corrected chi connectivity index (χ4v) is 4.95.